The lowest BCUT2D eigenvalue weighted by molar-refractivity contribution is -0.357. The van der Waals surface area contributed by atoms with Crippen molar-refractivity contribution in [2.75, 3.05) is 13.2 Å². The van der Waals surface area contributed by atoms with Crippen LogP contribution in [0.25, 0.3) is 0 Å². The molecule has 0 saturated carbocycles. The van der Waals surface area contributed by atoms with Crippen LogP contribution in [-0.4, -0.2) is 119 Å². The highest BCUT2D eigenvalue weighted by atomic mass is 16.7. The Morgan fingerprint density at radius 2 is 1.23 bits per heavy atom. The van der Waals surface area contributed by atoms with Gasteiger partial charge < -0.3 is 53.6 Å². The molecule has 0 aromatic rings. The van der Waals surface area contributed by atoms with Gasteiger partial charge in [0.25, 0.3) is 0 Å². The summed E-state index contributed by atoms with van der Waals surface area (Å²) in [4.78, 5) is 46.8. The van der Waals surface area contributed by atoms with Gasteiger partial charge in [-0.05, 0) is 0 Å². The van der Waals surface area contributed by atoms with Gasteiger partial charge in [0.15, 0.2) is 30.9 Å². The molecule has 2 rings (SSSR count). The average molecular weight is 510 g/mol. The Labute approximate surface area is 199 Å². The van der Waals surface area contributed by atoms with E-state index in [1.165, 1.54) is 0 Å². The summed E-state index contributed by atoms with van der Waals surface area (Å²) in [6, 6.07) is 0. The van der Waals surface area contributed by atoms with Gasteiger partial charge in [0.2, 0.25) is 0 Å². The van der Waals surface area contributed by atoms with Crippen LogP contribution in [0.3, 0.4) is 0 Å². The predicted octanol–water partition coefficient (Wildman–Crippen LogP) is -3.11. The zero-order chi connectivity index (χ0) is 26.4. The molecule has 200 valence electrons. The third-order valence-corrected chi connectivity index (χ3v) is 5.08. The minimum Gasteiger partial charge on any atom is -0.463 e. The van der Waals surface area contributed by atoms with Crippen LogP contribution in [0.15, 0.2) is 0 Å². The molecule has 0 radical (unpaired) electrons. The third kappa shape index (κ3) is 7.54. The van der Waals surface area contributed by atoms with E-state index in [4.69, 9.17) is 33.2 Å². The lowest BCUT2D eigenvalue weighted by Gasteiger charge is -2.47. The molecule has 15 nitrogen and oxygen atoms in total. The zero-order valence-corrected chi connectivity index (χ0v) is 19.5. The maximum atomic E-state index is 11.8. The van der Waals surface area contributed by atoms with E-state index in [0.717, 1.165) is 27.7 Å². The molecule has 15 heteroatoms. The summed E-state index contributed by atoms with van der Waals surface area (Å²) in [5.74, 6) is -3.29. The fourth-order valence-electron chi connectivity index (χ4n) is 3.68. The average Bonchev–Trinajstić information content (AvgIpc) is 2.75. The van der Waals surface area contributed by atoms with E-state index >= 15 is 0 Å². The highest BCUT2D eigenvalue weighted by molar-refractivity contribution is 5.68. The van der Waals surface area contributed by atoms with Gasteiger partial charge in [0.1, 0.15) is 37.1 Å². The Morgan fingerprint density at radius 1 is 0.686 bits per heavy atom. The van der Waals surface area contributed by atoms with Crippen LogP contribution >= 0.6 is 0 Å². The molecular weight excluding hydrogens is 480 g/mol. The Kier molecular flexibility index (Phi) is 10.3. The number of aliphatic hydroxyl groups is 4. The normalized spacial score (nSPS) is 37.1. The molecule has 2 heterocycles. The molecule has 0 aromatic carbocycles. The number of esters is 4. The predicted molar refractivity (Wildman–Crippen MR) is 107 cm³/mol. The quantitative estimate of drug-likeness (QED) is 0.188. The first-order valence-corrected chi connectivity index (χ1v) is 10.6. The van der Waals surface area contributed by atoms with Crippen molar-refractivity contribution in [1.82, 2.24) is 0 Å². The van der Waals surface area contributed by atoms with E-state index in [9.17, 15) is 39.6 Å². The van der Waals surface area contributed by atoms with Crippen LogP contribution in [0.4, 0.5) is 0 Å². The fourth-order valence-corrected chi connectivity index (χ4v) is 3.68. The van der Waals surface area contributed by atoms with Crippen LogP contribution in [0, 0.1) is 0 Å². The lowest BCUT2D eigenvalue weighted by Crippen LogP contribution is -2.66. The Hall–Kier alpha value is -2.40. The molecule has 4 N–H and O–H groups in total. The molecule has 2 aliphatic rings. The molecular formula is C20H30O15. The largest absolute Gasteiger partial charge is 0.463 e. The number of ether oxygens (including phenoxy) is 7. The number of carbonyl (C=O) groups excluding carboxylic acids is 4. The zero-order valence-electron chi connectivity index (χ0n) is 19.5. The van der Waals surface area contributed by atoms with E-state index in [-0.39, 0.29) is 0 Å². The Balaban J connectivity index is 2.46. The van der Waals surface area contributed by atoms with Crippen molar-refractivity contribution in [3.8, 4) is 0 Å². The summed E-state index contributed by atoms with van der Waals surface area (Å²) in [6.07, 6.45) is -16.0. The van der Waals surface area contributed by atoms with Crippen LogP contribution in [0.5, 0.6) is 0 Å². The molecule has 2 fully saturated rings. The first-order valence-electron chi connectivity index (χ1n) is 10.6. The van der Waals surface area contributed by atoms with Gasteiger partial charge in [-0.1, -0.05) is 0 Å². The molecule has 0 aromatic heterocycles. The summed E-state index contributed by atoms with van der Waals surface area (Å²) in [6.45, 7) is 2.96. The topological polar surface area (TPSA) is 214 Å². The van der Waals surface area contributed by atoms with Gasteiger partial charge in [0.05, 0.1) is 6.61 Å². The second kappa shape index (κ2) is 12.5. The van der Waals surface area contributed by atoms with E-state index in [1.807, 2.05) is 0 Å². The van der Waals surface area contributed by atoms with E-state index in [1.54, 1.807) is 0 Å². The van der Waals surface area contributed by atoms with Crippen molar-refractivity contribution in [2.24, 2.45) is 0 Å². The lowest BCUT2D eigenvalue weighted by atomic mass is 9.96. The molecule has 2 saturated heterocycles. The van der Waals surface area contributed by atoms with Crippen molar-refractivity contribution < 1.29 is 72.8 Å². The number of aliphatic hydroxyl groups excluding tert-OH is 4. The summed E-state index contributed by atoms with van der Waals surface area (Å²) >= 11 is 0. The highest BCUT2D eigenvalue weighted by Crippen LogP contribution is 2.33. The highest BCUT2D eigenvalue weighted by Gasteiger charge is 2.55. The minimum absolute atomic E-state index is 0.515. The Morgan fingerprint density at radius 3 is 1.74 bits per heavy atom. The van der Waals surface area contributed by atoms with E-state index < -0.39 is 98.5 Å². The second-order valence-electron chi connectivity index (χ2n) is 7.90. The van der Waals surface area contributed by atoms with E-state index in [0.29, 0.717) is 0 Å². The summed E-state index contributed by atoms with van der Waals surface area (Å²) in [5, 5.41) is 40.1. The molecule has 0 bridgehead atoms. The molecule has 35 heavy (non-hydrogen) atoms. The monoisotopic (exact) mass is 510 g/mol. The summed E-state index contributed by atoms with van der Waals surface area (Å²) < 4.78 is 36.9. The van der Waals surface area contributed by atoms with Crippen LogP contribution in [0.1, 0.15) is 27.7 Å². The number of hydrogen-bond acceptors (Lipinski definition) is 15. The summed E-state index contributed by atoms with van der Waals surface area (Å²) in [5.41, 5.74) is 0. The van der Waals surface area contributed by atoms with Crippen LogP contribution in [-0.2, 0) is 52.3 Å². The standard InChI is InChI=1S/C20H30O15/c1-7(22)29-6-12-15(30-8(2)23)17(31-9(3)24)18(32-10(4)25)20(34-12)35-16-13(26)11(5-21)33-19(28)14(16)27/h11-21,26-28H,5-6H2,1-4H3. The van der Waals surface area contributed by atoms with Gasteiger partial charge in [-0.2, -0.15) is 0 Å². The maximum Gasteiger partial charge on any atom is 0.303 e. The number of carbonyl (C=O) groups is 4. The SMILES string of the molecule is CC(=O)OCC1OC(OC2C(O)C(O)OC(CO)C2O)C(OC(C)=O)C(OC(C)=O)C1OC(C)=O. The van der Waals surface area contributed by atoms with Gasteiger partial charge in [0, 0.05) is 27.7 Å². The van der Waals surface area contributed by atoms with Crippen molar-refractivity contribution in [1.29, 1.82) is 0 Å². The van der Waals surface area contributed by atoms with Gasteiger partial charge in [-0.3, -0.25) is 19.2 Å². The van der Waals surface area contributed by atoms with Gasteiger partial charge in [-0.15, -0.1) is 0 Å². The number of rotatable bonds is 8. The molecule has 2 aliphatic heterocycles. The van der Waals surface area contributed by atoms with Crippen molar-refractivity contribution in [3.05, 3.63) is 0 Å². The van der Waals surface area contributed by atoms with Crippen molar-refractivity contribution >= 4 is 23.9 Å². The molecule has 10 unspecified atom stereocenters. The van der Waals surface area contributed by atoms with Gasteiger partial charge >= 0.3 is 23.9 Å². The first-order chi connectivity index (χ1) is 16.3. The second-order valence-corrected chi connectivity index (χ2v) is 7.90. The maximum absolute atomic E-state index is 11.8. The third-order valence-electron chi connectivity index (χ3n) is 5.08. The fraction of sp³-hybridized carbons (Fsp3) is 0.800. The Bertz CT molecular complexity index is 772. The van der Waals surface area contributed by atoms with Crippen molar-refractivity contribution in [2.45, 2.75) is 89.1 Å². The van der Waals surface area contributed by atoms with Crippen LogP contribution in [0.2, 0.25) is 0 Å². The number of hydrogen-bond donors (Lipinski definition) is 4. The molecule has 0 amide bonds. The first kappa shape index (κ1) is 28.8. The van der Waals surface area contributed by atoms with Gasteiger partial charge in [-0.25, -0.2) is 0 Å². The van der Waals surface area contributed by atoms with E-state index in [2.05, 4.69) is 0 Å². The van der Waals surface area contributed by atoms with Crippen LogP contribution < -0.4 is 0 Å². The molecule has 0 aliphatic carbocycles. The molecule has 10 atom stereocenters. The molecule has 0 spiro atoms. The van der Waals surface area contributed by atoms with Crippen molar-refractivity contribution in [3.63, 3.8) is 0 Å². The smallest absolute Gasteiger partial charge is 0.303 e. The minimum atomic E-state index is -1.87. The summed E-state index contributed by atoms with van der Waals surface area (Å²) in [7, 11) is 0.